The number of nitrogens with one attached hydrogen (secondary N) is 3. The molecular formula is C24H33N3O3+2. The first-order chi connectivity index (χ1) is 14.7. The van der Waals surface area contributed by atoms with E-state index in [1.165, 1.54) is 21.6 Å². The largest absolute Gasteiger partial charge is 0.493 e. The first kappa shape index (κ1) is 20.7. The van der Waals surface area contributed by atoms with Gasteiger partial charge in [0.15, 0.2) is 6.54 Å². The van der Waals surface area contributed by atoms with Crippen molar-refractivity contribution in [2.45, 2.75) is 19.9 Å². The van der Waals surface area contributed by atoms with E-state index in [4.69, 9.17) is 9.47 Å². The number of ether oxygens (including phenoxy) is 2. The van der Waals surface area contributed by atoms with Gasteiger partial charge in [-0.2, -0.15) is 0 Å². The van der Waals surface area contributed by atoms with Crippen molar-refractivity contribution >= 4 is 5.91 Å². The van der Waals surface area contributed by atoms with Gasteiger partial charge in [0.05, 0.1) is 13.2 Å². The molecule has 0 bridgehead atoms. The fourth-order valence-electron chi connectivity index (χ4n) is 4.30. The molecule has 4 rings (SSSR count). The van der Waals surface area contributed by atoms with E-state index in [1.807, 2.05) is 31.2 Å². The van der Waals surface area contributed by atoms with Gasteiger partial charge in [0, 0.05) is 12.0 Å². The highest BCUT2D eigenvalue weighted by atomic mass is 16.5. The van der Waals surface area contributed by atoms with Gasteiger partial charge in [-0.3, -0.25) is 4.79 Å². The maximum atomic E-state index is 12.3. The third kappa shape index (κ3) is 5.74. The molecule has 1 fully saturated rings. The molecule has 1 amide bonds. The third-order valence-corrected chi connectivity index (χ3v) is 5.97. The van der Waals surface area contributed by atoms with Crippen molar-refractivity contribution in [1.29, 1.82) is 0 Å². The molecule has 2 aromatic carbocycles. The van der Waals surface area contributed by atoms with Crippen LogP contribution in [0.3, 0.4) is 0 Å². The maximum Gasteiger partial charge on any atom is 0.275 e. The van der Waals surface area contributed by atoms with Gasteiger partial charge in [-0.05, 0) is 48.4 Å². The van der Waals surface area contributed by atoms with Crippen LogP contribution < -0.4 is 24.6 Å². The molecule has 6 nitrogen and oxygen atoms in total. The summed E-state index contributed by atoms with van der Waals surface area (Å²) in [5.74, 6) is 2.02. The fraction of sp³-hybridized carbons (Fsp3) is 0.458. The highest BCUT2D eigenvalue weighted by Gasteiger charge is 2.25. The minimum Gasteiger partial charge on any atom is -0.493 e. The summed E-state index contributed by atoms with van der Waals surface area (Å²) in [6.07, 6.45) is 1.03. The summed E-state index contributed by atoms with van der Waals surface area (Å²) in [7, 11) is 0. The molecule has 0 saturated carbocycles. The number of benzene rings is 2. The number of aryl methyl sites for hydroxylation is 1. The number of carbonyl (C=O) groups excluding carboxylic acids is 1. The average molecular weight is 412 g/mol. The van der Waals surface area contributed by atoms with Crippen molar-refractivity contribution in [2.24, 2.45) is 0 Å². The molecule has 0 aliphatic carbocycles. The predicted octanol–water partition coefficient (Wildman–Crippen LogP) is -0.591. The average Bonchev–Trinajstić information content (AvgIpc) is 3.21. The third-order valence-electron chi connectivity index (χ3n) is 5.97. The lowest BCUT2D eigenvalue weighted by molar-refractivity contribution is -1.02. The van der Waals surface area contributed by atoms with Crippen LogP contribution in [0.15, 0.2) is 42.5 Å². The van der Waals surface area contributed by atoms with E-state index in [2.05, 4.69) is 23.5 Å². The molecule has 2 aromatic rings. The SMILES string of the molecule is Cc1cccc(OCCNC(=O)C[NH+]2CC[NH+](Cc3ccc4c(c3)CCO4)CC2)c1. The Bertz CT molecular complexity index is 863. The molecule has 2 aliphatic heterocycles. The monoisotopic (exact) mass is 411 g/mol. The zero-order valence-electron chi connectivity index (χ0n) is 17.8. The Morgan fingerprint density at radius 3 is 2.77 bits per heavy atom. The lowest BCUT2D eigenvalue weighted by Crippen LogP contribution is -3.28. The molecule has 2 heterocycles. The van der Waals surface area contributed by atoms with E-state index in [9.17, 15) is 4.79 Å². The summed E-state index contributed by atoms with van der Waals surface area (Å²) in [6, 6.07) is 14.6. The Labute approximate surface area is 178 Å². The van der Waals surface area contributed by atoms with Gasteiger partial charge in [0.2, 0.25) is 0 Å². The van der Waals surface area contributed by atoms with Gasteiger partial charge in [0.25, 0.3) is 5.91 Å². The molecule has 160 valence electrons. The molecule has 0 spiro atoms. The Morgan fingerprint density at radius 2 is 1.93 bits per heavy atom. The second kappa shape index (κ2) is 9.96. The number of fused-ring (bicyclic) bond motifs is 1. The van der Waals surface area contributed by atoms with E-state index in [1.54, 1.807) is 4.90 Å². The van der Waals surface area contributed by atoms with E-state index < -0.39 is 0 Å². The van der Waals surface area contributed by atoms with Crippen LogP contribution in [0, 0.1) is 6.92 Å². The van der Waals surface area contributed by atoms with Crippen molar-refractivity contribution < 1.29 is 24.1 Å². The summed E-state index contributed by atoms with van der Waals surface area (Å²) in [5.41, 5.74) is 3.91. The normalized spacial score (nSPS) is 20.3. The highest BCUT2D eigenvalue weighted by molar-refractivity contribution is 5.76. The number of hydrogen-bond acceptors (Lipinski definition) is 3. The molecule has 30 heavy (non-hydrogen) atoms. The van der Waals surface area contributed by atoms with Gasteiger partial charge >= 0.3 is 0 Å². The number of amides is 1. The van der Waals surface area contributed by atoms with E-state index in [-0.39, 0.29) is 5.91 Å². The Morgan fingerprint density at radius 1 is 1.10 bits per heavy atom. The van der Waals surface area contributed by atoms with Crippen LogP contribution in [0.25, 0.3) is 0 Å². The van der Waals surface area contributed by atoms with Crippen LogP contribution in [0.5, 0.6) is 11.5 Å². The summed E-state index contributed by atoms with van der Waals surface area (Å²) in [4.78, 5) is 15.2. The second-order valence-corrected chi connectivity index (χ2v) is 8.41. The quantitative estimate of drug-likeness (QED) is 0.509. The molecule has 3 N–H and O–H groups in total. The number of quaternary nitrogens is 2. The van der Waals surface area contributed by atoms with Crippen molar-refractivity contribution in [3.05, 3.63) is 59.2 Å². The van der Waals surface area contributed by atoms with Crippen LogP contribution in [-0.4, -0.2) is 58.4 Å². The predicted molar refractivity (Wildman–Crippen MR) is 115 cm³/mol. The Hall–Kier alpha value is -2.57. The van der Waals surface area contributed by atoms with Gasteiger partial charge in [-0.25, -0.2) is 0 Å². The molecule has 0 aromatic heterocycles. The van der Waals surface area contributed by atoms with Gasteiger partial charge in [0.1, 0.15) is 50.8 Å². The van der Waals surface area contributed by atoms with Gasteiger partial charge in [-0.1, -0.05) is 12.1 Å². The zero-order valence-corrected chi connectivity index (χ0v) is 17.8. The first-order valence-electron chi connectivity index (χ1n) is 11.0. The number of carbonyl (C=O) groups is 1. The van der Waals surface area contributed by atoms with E-state index in [0.717, 1.165) is 57.3 Å². The molecule has 1 saturated heterocycles. The van der Waals surface area contributed by atoms with Crippen LogP contribution in [0.4, 0.5) is 0 Å². The van der Waals surface area contributed by atoms with Crippen LogP contribution in [0.2, 0.25) is 0 Å². The Balaban J connectivity index is 1.12. The molecule has 2 aliphatic rings. The second-order valence-electron chi connectivity index (χ2n) is 8.41. The molecule has 0 atom stereocenters. The van der Waals surface area contributed by atoms with E-state index >= 15 is 0 Å². The number of rotatable bonds is 8. The molecular weight excluding hydrogens is 378 g/mol. The summed E-state index contributed by atoms with van der Waals surface area (Å²) < 4.78 is 11.3. The van der Waals surface area contributed by atoms with Gasteiger partial charge < -0.3 is 24.6 Å². The zero-order chi connectivity index (χ0) is 20.8. The first-order valence-corrected chi connectivity index (χ1v) is 11.0. The fourth-order valence-corrected chi connectivity index (χ4v) is 4.30. The lowest BCUT2D eigenvalue weighted by Gasteiger charge is -2.29. The minimum absolute atomic E-state index is 0.111. The van der Waals surface area contributed by atoms with Crippen LogP contribution >= 0.6 is 0 Å². The summed E-state index contributed by atoms with van der Waals surface area (Å²) in [5, 5.41) is 2.99. The molecule has 0 unspecified atom stereocenters. The molecule has 6 heteroatoms. The van der Waals surface area contributed by atoms with Crippen molar-refractivity contribution in [3.63, 3.8) is 0 Å². The van der Waals surface area contributed by atoms with Crippen LogP contribution in [0.1, 0.15) is 16.7 Å². The Kier molecular flexibility index (Phi) is 6.87. The maximum absolute atomic E-state index is 12.3. The highest BCUT2D eigenvalue weighted by Crippen LogP contribution is 2.25. The standard InChI is InChI=1S/C24H31N3O3/c1-19-3-2-4-22(15-19)29-14-8-25-24(28)18-27-11-9-26(10-12-27)17-20-5-6-23-21(16-20)7-13-30-23/h2-6,15-16H,7-14,17-18H2,1H3,(H,25,28)/p+2. The number of hydrogen-bond donors (Lipinski definition) is 3. The smallest absolute Gasteiger partial charge is 0.275 e. The van der Waals surface area contributed by atoms with Gasteiger partial charge in [-0.15, -0.1) is 0 Å². The van der Waals surface area contributed by atoms with E-state index in [0.29, 0.717) is 19.7 Å². The topological polar surface area (TPSA) is 56.4 Å². The van der Waals surface area contributed by atoms with Crippen molar-refractivity contribution in [3.8, 4) is 11.5 Å². The van der Waals surface area contributed by atoms with Crippen molar-refractivity contribution in [1.82, 2.24) is 5.32 Å². The molecule has 0 radical (unpaired) electrons. The lowest BCUT2D eigenvalue weighted by atomic mass is 10.1. The van der Waals surface area contributed by atoms with Crippen LogP contribution in [-0.2, 0) is 17.8 Å². The summed E-state index contributed by atoms with van der Waals surface area (Å²) >= 11 is 0. The van der Waals surface area contributed by atoms with Crippen molar-refractivity contribution in [2.75, 3.05) is 52.5 Å². The number of piperazine rings is 1. The minimum atomic E-state index is 0.111. The summed E-state index contributed by atoms with van der Waals surface area (Å²) in [6.45, 7) is 9.78.